The van der Waals surface area contributed by atoms with Gasteiger partial charge in [0.05, 0.1) is 0 Å². The van der Waals surface area contributed by atoms with Crippen molar-refractivity contribution in [2.45, 2.75) is 32.2 Å². The Bertz CT molecular complexity index is 47.8. The van der Waals surface area contributed by atoms with E-state index in [1.54, 1.807) is 0 Å². The van der Waals surface area contributed by atoms with Gasteiger partial charge in [-0.25, -0.2) is 4.39 Å². The average Bonchev–Trinajstić information content (AvgIpc) is 1.83. The van der Waals surface area contributed by atoms with Gasteiger partial charge in [0, 0.05) is 6.04 Å². The molecule has 0 aromatic rings. The van der Waals surface area contributed by atoms with Gasteiger partial charge in [-0.2, -0.15) is 0 Å². The summed E-state index contributed by atoms with van der Waals surface area (Å²) in [5.74, 6) is 0. The van der Waals surface area contributed by atoms with Gasteiger partial charge in [0.2, 0.25) is 0 Å². The molecule has 0 saturated heterocycles. The van der Waals surface area contributed by atoms with E-state index in [4.69, 9.17) is 5.73 Å². The van der Waals surface area contributed by atoms with Crippen LogP contribution in [0.2, 0.25) is 0 Å². The molecule has 0 aliphatic carbocycles. The first-order valence-electron chi connectivity index (χ1n) is 3.12. The largest absolute Gasteiger partial charge is 0.325 e. The topological polar surface area (TPSA) is 26.0 Å². The maximum absolute atomic E-state index is 11.6. The van der Waals surface area contributed by atoms with Crippen LogP contribution in [0.15, 0.2) is 0 Å². The highest BCUT2D eigenvalue weighted by Gasteiger charge is 1.97. The fourth-order valence-electron chi connectivity index (χ4n) is 0.543. The van der Waals surface area contributed by atoms with Crippen LogP contribution in [0.4, 0.5) is 4.39 Å². The Morgan fingerprint density at radius 1 is 1.62 bits per heavy atom. The minimum atomic E-state index is -0.375. The zero-order valence-electron chi connectivity index (χ0n) is 5.36. The van der Waals surface area contributed by atoms with Crippen molar-refractivity contribution in [3.05, 3.63) is 0 Å². The quantitative estimate of drug-likeness (QED) is 0.596. The van der Waals surface area contributed by atoms with Crippen LogP contribution in [0.1, 0.15) is 26.2 Å². The molecule has 50 valence electrons. The van der Waals surface area contributed by atoms with Crippen molar-refractivity contribution >= 4 is 0 Å². The van der Waals surface area contributed by atoms with Crippen LogP contribution in [0.25, 0.3) is 0 Å². The average molecular weight is 119 g/mol. The minimum absolute atomic E-state index is 0.213. The Labute approximate surface area is 50.1 Å². The fourth-order valence-corrected chi connectivity index (χ4v) is 0.543. The zero-order chi connectivity index (χ0) is 6.41. The van der Waals surface area contributed by atoms with Crippen molar-refractivity contribution in [2.75, 3.05) is 6.67 Å². The highest BCUT2D eigenvalue weighted by Crippen LogP contribution is 1.97. The molecule has 8 heavy (non-hydrogen) atoms. The van der Waals surface area contributed by atoms with E-state index in [2.05, 4.69) is 6.92 Å². The Morgan fingerprint density at radius 3 is 2.62 bits per heavy atom. The summed E-state index contributed by atoms with van der Waals surface area (Å²) in [4.78, 5) is 0. The third kappa shape index (κ3) is 4.06. The van der Waals surface area contributed by atoms with E-state index in [1.807, 2.05) is 0 Å². The van der Waals surface area contributed by atoms with Gasteiger partial charge < -0.3 is 5.73 Å². The first kappa shape index (κ1) is 7.89. The molecule has 0 aliphatic heterocycles. The first-order chi connectivity index (χ1) is 3.81. The van der Waals surface area contributed by atoms with E-state index in [-0.39, 0.29) is 12.7 Å². The molecule has 1 atom stereocenters. The molecule has 0 saturated carbocycles. The number of hydrogen-bond donors (Lipinski definition) is 1. The van der Waals surface area contributed by atoms with Crippen molar-refractivity contribution in [2.24, 2.45) is 5.73 Å². The number of hydrogen-bond acceptors (Lipinski definition) is 1. The van der Waals surface area contributed by atoms with Gasteiger partial charge >= 0.3 is 0 Å². The van der Waals surface area contributed by atoms with Gasteiger partial charge in [0.15, 0.2) is 0 Å². The smallest absolute Gasteiger partial charge is 0.104 e. The van der Waals surface area contributed by atoms with Crippen molar-refractivity contribution in [1.29, 1.82) is 0 Å². The Balaban J connectivity index is 2.86. The van der Waals surface area contributed by atoms with Crippen molar-refractivity contribution in [1.82, 2.24) is 0 Å². The molecule has 0 unspecified atom stereocenters. The van der Waals surface area contributed by atoms with Crippen LogP contribution >= 0.6 is 0 Å². The summed E-state index contributed by atoms with van der Waals surface area (Å²) in [6.07, 6.45) is 2.98. The predicted octanol–water partition coefficient (Wildman–Crippen LogP) is 1.47. The molecule has 0 rings (SSSR count). The summed E-state index contributed by atoms with van der Waals surface area (Å²) in [5, 5.41) is 0. The van der Waals surface area contributed by atoms with Crippen LogP contribution in [0.5, 0.6) is 0 Å². The van der Waals surface area contributed by atoms with E-state index < -0.39 is 0 Å². The molecule has 2 heteroatoms. The van der Waals surface area contributed by atoms with Crippen LogP contribution in [0, 0.1) is 0 Å². The predicted molar refractivity (Wildman–Crippen MR) is 33.5 cm³/mol. The molecular formula is C6H14FN. The van der Waals surface area contributed by atoms with Gasteiger partial charge in [0.1, 0.15) is 6.67 Å². The molecule has 0 amide bonds. The standard InChI is InChI=1S/C6H14FN/c1-2-3-4-6(8)5-7/h6H,2-5,8H2,1H3/t6-/m0/s1. The molecule has 0 spiro atoms. The monoisotopic (exact) mass is 119 g/mol. The fraction of sp³-hybridized carbons (Fsp3) is 1.00. The summed E-state index contributed by atoms with van der Waals surface area (Å²) >= 11 is 0. The summed E-state index contributed by atoms with van der Waals surface area (Å²) < 4.78 is 11.6. The van der Waals surface area contributed by atoms with Gasteiger partial charge in [-0.15, -0.1) is 0 Å². The molecular weight excluding hydrogens is 105 g/mol. The van der Waals surface area contributed by atoms with Crippen LogP contribution in [-0.4, -0.2) is 12.7 Å². The van der Waals surface area contributed by atoms with Crippen LogP contribution < -0.4 is 5.73 Å². The van der Waals surface area contributed by atoms with Gasteiger partial charge in [-0.3, -0.25) is 0 Å². The lowest BCUT2D eigenvalue weighted by molar-refractivity contribution is 0.406. The van der Waals surface area contributed by atoms with E-state index in [1.165, 1.54) is 0 Å². The third-order valence-corrected chi connectivity index (χ3v) is 1.13. The molecule has 1 nitrogen and oxygen atoms in total. The lowest BCUT2D eigenvalue weighted by atomic mass is 10.1. The molecule has 2 N–H and O–H groups in total. The van der Waals surface area contributed by atoms with E-state index in [9.17, 15) is 4.39 Å². The first-order valence-corrected chi connectivity index (χ1v) is 3.12. The Kier molecular flexibility index (Phi) is 4.97. The third-order valence-electron chi connectivity index (χ3n) is 1.13. The van der Waals surface area contributed by atoms with Crippen molar-refractivity contribution in [3.63, 3.8) is 0 Å². The zero-order valence-corrected chi connectivity index (χ0v) is 5.36. The second-order valence-corrected chi connectivity index (χ2v) is 2.06. The highest BCUT2D eigenvalue weighted by atomic mass is 19.1. The lowest BCUT2D eigenvalue weighted by Gasteiger charge is -2.02. The number of halogens is 1. The molecule has 0 radical (unpaired) electrons. The maximum Gasteiger partial charge on any atom is 0.104 e. The van der Waals surface area contributed by atoms with E-state index >= 15 is 0 Å². The summed E-state index contributed by atoms with van der Waals surface area (Å²) in [6.45, 7) is 1.70. The second-order valence-electron chi connectivity index (χ2n) is 2.06. The van der Waals surface area contributed by atoms with E-state index in [0.717, 1.165) is 19.3 Å². The summed E-state index contributed by atoms with van der Waals surface area (Å²) in [5.41, 5.74) is 5.28. The molecule has 0 heterocycles. The van der Waals surface area contributed by atoms with Gasteiger partial charge in [-0.1, -0.05) is 19.8 Å². The molecule has 0 aliphatic rings. The van der Waals surface area contributed by atoms with Crippen molar-refractivity contribution < 1.29 is 4.39 Å². The van der Waals surface area contributed by atoms with Gasteiger partial charge in [0.25, 0.3) is 0 Å². The highest BCUT2D eigenvalue weighted by molar-refractivity contribution is 4.56. The SMILES string of the molecule is CCCC[C@H](N)CF. The molecule has 0 aromatic carbocycles. The second kappa shape index (κ2) is 5.04. The van der Waals surface area contributed by atoms with Gasteiger partial charge in [-0.05, 0) is 6.42 Å². The molecule has 0 bridgehead atoms. The number of alkyl halides is 1. The summed E-state index contributed by atoms with van der Waals surface area (Å²) in [7, 11) is 0. The van der Waals surface area contributed by atoms with Crippen molar-refractivity contribution in [3.8, 4) is 0 Å². The normalized spacial score (nSPS) is 13.9. The lowest BCUT2D eigenvalue weighted by Crippen LogP contribution is -2.21. The van der Waals surface area contributed by atoms with Crippen LogP contribution in [0.3, 0.4) is 0 Å². The molecule has 0 fully saturated rings. The number of nitrogens with two attached hydrogens (primary N) is 1. The van der Waals surface area contributed by atoms with Crippen LogP contribution in [-0.2, 0) is 0 Å². The van der Waals surface area contributed by atoms with E-state index in [0.29, 0.717) is 0 Å². The number of unbranched alkanes of at least 4 members (excludes halogenated alkanes) is 1. The Morgan fingerprint density at radius 2 is 2.25 bits per heavy atom. The maximum atomic E-state index is 11.6. The Hall–Kier alpha value is -0.110. The number of rotatable bonds is 4. The molecule has 0 aromatic heterocycles. The minimum Gasteiger partial charge on any atom is -0.325 e. The summed E-state index contributed by atoms with van der Waals surface area (Å²) in [6, 6.07) is -0.213.